The summed E-state index contributed by atoms with van der Waals surface area (Å²) in [4.78, 5) is 12.3. The normalized spacial score (nSPS) is 15.8. The van der Waals surface area contributed by atoms with Crippen LogP contribution in [0, 0.1) is 12.3 Å². The van der Waals surface area contributed by atoms with Crippen LogP contribution in [-0.2, 0) is 0 Å². The Bertz CT molecular complexity index is 923. The van der Waals surface area contributed by atoms with Crippen LogP contribution in [0.1, 0.15) is 29.8 Å². The molecular weight excluding hydrogens is 348 g/mol. The highest BCUT2D eigenvalue weighted by molar-refractivity contribution is 5.91. The van der Waals surface area contributed by atoms with Crippen LogP contribution in [0.2, 0.25) is 0 Å². The Kier molecular flexibility index (Phi) is 4.46. The van der Waals surface area contributed by atoms with E-state index in [9.17, 15) is 4.79 Å². The van der Waals surface area contributed by atoms with Gasteiger partial charge in [-0.05, 0) is 12.1 Å². The van der Waals surface area contributed by atoms with Crippen molar-refractivity contribution in [3.8, 4) is 29.5 Å². The van der Waals surface area contributed by atoms with E-state index >= 15 is 0 Å². The fourth-order valence-corrected chi connectivity index (χ4v) is 2.80. The molecule has 0 radical (unpaired) electrons. The quantitative estimate of drug-likeness (QED) is 0.752. The Morgan fingerprint density at radius 2 is 2.07 bits per heavy atom. The van der Waals surface area contributed by atoms with Gasteiger partial charge in [-0.3, -0.25) is 4.79 Å². The summed E-state index contributed by atoms with van der Waals surface area (Å²) in [6.07, 6.45) is 8.78. The lowest BCUT2D eigenvalue weighted by atomic mass is 10.0. The number of aromatic nitrogens is 3. The molecule has 27 heavy (non-hydrogen) atoms. The third-order valence-corrected chi connectivity index (χ3v) is 4.38. The molecular formula is C18H18N6O3. The molecule has 0 unspecified atom stereocenters. The molecule has 0 bridgehead atoms. The van der Waals surface area contributed by atoms with Crippen LogP contribution in [0.4, 0.5) is 0 Å². The number of nitrogens with one attached hydrogen (secondary N) is 1. The number of amides is 1. The number of benzene rings is 1. The molecule has 2 aliphatic heterocycles. The van der Waals surface area contributed by atoms with Crippen molar-refractivity contribution in [2.45, 2.75) is 24.9 Å². The van der Waals surface area contributed by atoms with Crippen LogP contribution >= 0.6 is 0 Å². The third kappa shape index (κ3) is 3.74. The second kappa shape index (κ2) is 7.07. The van der Waals surface area contributed by atoms with Crippen LogP contribution in [0.15, 0.2) is 34.6 Å². The number of ether oxygens (including phenoxy) is 2. The van der Waals surface area contributed by atoms with Gasteiger partial charge in [-0.2, -0.15) is 10.2 Å². The van der Waals surface area contributed by atoms with E-state index < -0.39 is 5.66 Å². The molecule has 2 aliphatic rings. The Labute approximate surface area is 155 Å². The molecule has 138 valence electrons. The molecule has 2 aromatic rings. The van der Waals surface area contributed by atoms with Crippen LogP contribution in [0.3, 0.4) is 0 Å². The molecule has 0 aliphatic carbocycles. The zero-order chi connectivity index (χ0) is 18.7. The van der Waals surface area contributed by atoms with Gasteiger partial charge in [-0.25, -0.2) is 4.68 Å². The van der Waals surface area contributed by atoms with Gasteiger partial charge < -0.3 is 14.8 Å². The fourth-order valence-electron chi connectivity index (χ4n) is 2.80. The van der Waals surface area contributed by atoms with Gasteiger partial charge in [0.05, 0.1) is 11.9 Å². The summed E-state index contributed by atoms with van der Waals surface area (Å²) < 4.78 is 12.6. The van der Waals surface area contributed by atoms with Gasteiger partial charge in [0.25, 0.3) is 5.91 Å². The molecule has 9 nitrogen and oxygen atoms in total. The molecule has 1 aromatic carbocycles. The maximum absolute atomic E-state index is 12.3. The van der Waals surface area contributed by atoms with Crippen molar-refractivity contribution in [2.75, 3.05) is 19.8 Å². The molecule has 4 rings (SSSR count). The predicted octanol–water partition coefficient (Wildman–Crippen LogP) is 1.73. The second-order valence-electron chi connectivity index (χ2n) is 6.27. The number of nitrogens with zero attached hydrogens (tertiary/aromatic N) is 5. The Morgan fingerprint density at radius 3 is 2.85 bits per heavy atom. The van der Waals surface area contributed by atoms with Crippen molar-refractivity contribution in [1.29, 1.82) is 0 Å². The lowest BCUT2D eigenvalue weighted by Crippen LogP contribution is -2.28. The highest BCUT2D eigenvalue weighted by atomic mass is 16.6. The number of hydrogen-bond acceptors (Lipinski definition) is 7. The summed E-state index contributed by atoms with van der Waals surface area (Å²) in [5.41, 5.74) is 0.546. The van der Waals surface area contributed by atoms with Crippen LogP contribution in [-0.4, -0.2) is 46.3 Å². The first kappa shape index (κ1) is 17.0. The first-order valence-corrected chi connectivity index (χ1v) is 8.67. The van der Waals surface area contributed by atoms with E-state index in [1.807, 2.05) is 12.1 Å². The van der Waals surface area contributed by atoms with Gasteiger partial charge >= 0.3 is 0 Å². The van der Waals surface area contributed by atoms with Gasteiger partial charge in [0.1, 0.15) is 13.2 Å². The van der Waals surface area contributed by atoms with Crippen molar-refractivity contribution in [3.63, 3.8) is 0 Å². The summed E-state index contributed by atoms with van der Waals surface area (Å²) in [6.45, 7) is 1.47. The molecule has 1 N–H and O–H groups in total. The number of carbonyl (C=O) groups excluding carboxylic acids is 1. The lowest BCUT2D eigenvalue weighted by Gasteiger charge is -2.18. The summed E-state index contributed by atoms with van der Waals surface area (Å²) in [5.74, 6) is 3.62. The topological polar surface area (TPSA) is 103 Å². The molecule has 3 heterocycles. The molecule has 0 atom stereocenters. The van der Waals surface area contributed by atoms with Crippen molar-refractivity contribution in [2.24, 2.45) is 10.2 Å². The molecule has 0 saturated carbocycles. The maximum atomic E-state index is 12.3. The second-order valence-corrected chi connectivity index (χ2v) is 6.27. The number of rotatable bonds is 7. The van der Waals surface area contributed by atoms with Crippen LogP contribution < -0.4 is 14.8 Å². The Balaban J connectivity index is 1.35. The van der Waals surface area contributed by atoms with E-state index in [-0.39, 0.29) is 11.6 Å². The Morgan fingerprint density at radius 1 is 1.26 bits per heavy atom. The monoisotopic (exact) mass is 366 g/mol. The fraction of sp³-hybridized carbons (Fsp3) is 0.389. The number of fused-ring (bicyclic) bond motifs is 1. The number of terminal acetylenes is 1. The van der Waals surface area contributed by atoms with E-state index in [4.69, 9.17) is 15.9 Å². The maximum Gasteiger partial charge on any atom is 0.273 e. The summed E-state index contributed by atoms with van der Waals surface area (Å²) in [5, 5.41) is 18.9. The lowest BCUT2D eigenvalue weighted by molar-refractivity contribution is 0.0947. The third-order valence-electron chi connectivity index (χ3n) is 4.38. The molecule has 0 saturated heterocycles. The van der Waals surface area contributed by atoms with Gasteiger partial charge in [-0.1, -0.05) is 5.21 Å². The summed E-state index contributed by atoms with van der Waals surface area (Å²) >= 11 is 0. The minimum Gasteiger partial charge on any atom is -0.486 e. The van der Waals surface area contributed by atoms with Gasteiger partial charge in [-0.15, -0.1) is 17.4 Å². The van der Waals surface area contributed by atoms with E-state index in [1.54, 1.807) is 12.3 Å². The van der Waals surface area contributed by atoms with E-state index in [1.165, 1.54) is 4.68 Å². The van der Waals surface area contributed by atoms with Crippen LogP contribution in [0.25, 0.3) is 5.69 Å². The van der Waals surface area contributed by atoms with Crippen molar-refractivity contribution >= 4 is 5.91 Å². The highest BCUT2D eigenvalue weighted by Crippen LogP contribution is 2.36. The van der Waals surface area contributed by atoms with Crippen LogP contribution in [0.5, 0.6) is 11.5 Å². The smallest absolute Gasteiger partial charge is 0.273 e. The SMILES string of the molecule is C#CCCC1(CCNC(=O)c2cn(-c3ccc4c(c3)OCCO4)nn2)N=N1. The zero-order valence-corrected chi connectivity index (χ0v) is 14.6. The summed E-state index contributed by atoms with van der Waals surface area (Å²) in [7, 11) is 0. The standard InChI is InChI=1S/C18H18N6O3/c1-2-3-6-18(21-22-18)7-8-19-17(25)14-12-24(23-20-14)13-4-5-15-16(11-13)27-10-9-26-15/h1,4-5,11-12H,3,6-10H2,(H,19,25). The molecule has 1 amide bonds. The summed E-state index contributed by atoms with van der Waals surface area (Å²) in [6, 6.07) is 5.44. The van der Waals surface area contributed by atoms with Gasteiger partial charge in [0, 0.05) is 31.9 Å². The Hall–Kier alpha value is -3.41. The van der Waals surface area contributed by atoms with E-state index in [0.29, 0.717) is 50.5 Å². The predicted molar refractivity (Wildman–Crippen MR) is 95.0 cm³/mol. The first-order valence-electron chi connectivity index (χ1n) is 8.67. The first-order chi connectivity index (χ1) is 13.2. The minimum atomic E-state index is -0.414. The number of hydrogen-bond donors (Lipinski definition) is 1. The molecule has 9 heteroatoms. The van der Waals surface area contributed by atoms with Crippen molar-refractivity contribution in [3.05, 3.63) is 30.1 Å². The molecule has 0 fully saturated rings. The number of carbonyl (C=O) groups is 1. The minimum absolute atomic E-state index is 0.229. The molecule has 1 aromatic heterocycles. The molecule has 0 spiro atoms. The average Bonchev–Trinajstić information content (AvgIpc) is 3.29. The van der Waals surface area contributed by atoms with E-state index in [2.05, 4.69) is 31.8 Å². The highest BCUT2D eigenvalue weighted by Gasteiger charge is 2.38. The van der Waals surface area contributed by atoms with Gasteiger partial charge in [0.2, 0.25) is 0 Å². The van der Waals surface area contributed by atoms with Gasteiger partial charge in [0.15, 0.2) is 22.9 Å². The largest absolute Gasteiger partial charge is 0.486 e. The van der Waals surface area contributed by atoms with Crippen molar-refractivity contribution in [1.82, 2.24) is 20.3 Å². The van der Waals surface area contributed by atoms with E-state index in [0.717, 1.165) is 5.69 Å². The van der Waals surface area contributed by atoms with Crippen molar-refractivity contribution < 1.29 is 14.3 Å². The zero-order valence-electron chi connectivity index (χ0n) is 14.6. The average molecular weight is 366 g/mol.